The third-order valence-corrected chi connectivity index (χ3v) is 18.0. The molecule has 0 saturated carbocycles. The van der Waals surface area contributed by atoms with Crippen molar-refractivity contribution in [2.75, 3.05) is 0 Å². The zero-order chi connectivity index (χ0) is 82.6. The molecule has 0 amide bonds. The molecule has 0 aliphatic rings. The van der Waals surface area contributed by atoms with Gasteiger partial charge in [-0.3, -0.25) is 9.97 Å². The van der Waals surface area contributed by atoms with Gasteiger partial charge in [0.1, 0.15) is 0 Å². The van der Waals surface area contributed by atoms with Gasteiger partial charge in [-0.2, -0.15) is 0 Å². The van der Waals surface area contributed by atoms with E-state index in [0.29, 0.717) is 0 Å². The van der Waals surface area contributed by atoms with Crippen LogP contribution in [-0.2, 0) is 80.4 Å². The molecule has 0 spiro atoms. The van der Waals surface area contributed by atoms with Crippen LogP contribution >= 0.6 is 0 Å². The summed E-state index contributed by atoms with van der Waals surface area (Å²) >= 11 is 0. The summed E-state index contributed by atoms with van der Waals surface area (Å²) in [5, 5.41) is 0. The number of aryl methyl sites for hydroxylation is 1. The van der Waals surface area contributed by atoms with E-state index in [0.717, 1.165) is 129 Å². The molecule has 20 aromatic rings. The normalized spacial score (nSPS) is 9.70. The number of rotatable bonds is 12. The Kier molecular flexibility index (Phi) is 41.1. The molecule has 0 unspecified atom stereocenters. The molecule has 10 nitrogen and oxygen atoms in total. The Bertz CT molecular complexity index is 5300. The Morgan fingerprint density at radius 1 is 0.160 bits per heavy atom. The minimum Gasteiger partial charge on any atom is -0.305 e. The Morgan fingerprint density at radius 2 is 0.384 bits per heavy atom. The van der Waals surface area contributed by atoms with Crippen LogP contribution in [0.1, 0.15) is 5.69 Å². The SMILES string of the molecule is Cc1cccc(-c2ccc(-c3[c-]cccc3)nc2)n1.[Ir].[Ir].[Ir].[Ir].[c-]1ccccc1-c1ccc(-c2ccccc2)cn1.[c-]1ccccc1-c1ccc(-c2ccccc2)cn1.[c-]1ccccc1-c1ccc(-c2ccncc2)cn1.[c-]1ccccc1-c1ccccn1.[c-]1ccccc1-c1ccccn1.[c-]1ccccc1-c1ccccn1.[c-]1ccccc1-c1ccccn1. The van der Waals surface area contributed by atoms with Crippen molar-refractivity contribution in [3.05, 3.63) is 523 Å². The second-order valence-corrected chi connectivity index (χ2v) is 26.4. The summed E-state index contributed by atoms with van der Waals surface area (Å²) in [4.78, 5) is 43.3. The van der Waals surface area contributed by atoms with Gasteiger partial charge in [-0.25, -0.2) is 0 Å². The molecule has 0 bridgehead atoms. The number of pyridine rings is 10. The average Bonchev–Trinajstić information content (AvgIpc) is 0.847. The third kappa shape index (κ3) is 31.0. The molecular weight excluding hydrogens is 2240 g/mol. The van der Waals surface area contributed by atoms with E-state index in [4.69, 9.17) is 0 Å². The Labute approximate surface area is 787 Å². The van der Waals surface area contributed by atoms with Crippen molar-refractivity contribution < 1.29 is 80.4 Å². The predicted molar refractivity (Wildman–Crippen MR) is 490 cm³/mol. The molecule has 0 aliphatic heterocycles. The number of aromatic nitrogens is 10. The summed E-state index contributed by atoms with van der Waals surface area (Å²) in [5.41, 5.74) is 25.7. The summed E-state index contributed by atoms with van der Waals surface area (Å²) in [7, 11) is 0. The van der Waals surface area contributed by atoms with Crippen molar-refractivity contribution in [3.63, 3.8) is 0 Å². The fourth-order valence-corrected chi connectivity index (χ4v) is 11.9. The second-order valence-electron chi connectivity index (χ2n) is 26.4. The first kappa shape index (κ1) is 95.1. The van der Waals surface area contributed by atoms with Gasteiger partial charge in [0.05, 0.1) is 5.69 Å². The molecule has 10 aromatic carbocycles. The zero-order valence-corrected chi connectivity index (χ0v) is 77.3. The quantitative estimate of drug-likeness (QED) is 0.109. The van der Waals surface area contributed by atoms with Crippen molar-refractivity contribution in [2.45, 2.75) is 6.92 Å². The van der Waals surface area contributed by atoms with Gasteiger partial charge in [-0.15, -0.1) is 287 Å². The van der Waals surface area contributed by atoms with Crippen LogP contribution in [0.2, 0.25) is 0 Å². The van der Waals surface area contributed by atoms with Gasteiger partial charge >= 0.3 is 0 Å². The number of nitrogens with zero attached hydrogens (tertiary/aromatic N) is 10. The molecule has 0 saturated heterocycles. The Hall–Kier alpha value is -13.7. The van der Waals surface area contributed by atoms with Crippen molar-refractivity contribution in [1.29, 1.82) is 0 Å². The van der Waals surface area contributed by atoms with Crippen molar-refractivity contribution in [1.82, 2.24) is 49.8 Å². The third-order valence-electron chi connectivity index (χ3n) is 18.0. The van der Waals surface area contributed by atoms with Crippen LogP contribution in [0.5, 0.6) is 0 Å². The van der Waals surface area contributed by atoms with Gasteiger partial charge in [0.15, 0.2) is 0 Å². The molecule has 125 heavy (non-hydrogen) atoms. The van der Waals surface area contributed by atoms with Crippen LogP contribution in [0.3, 0.4) is 0 Å². The maximum atomic E-state index is 4.50. The summed E-state index contributed by atoms with van der Waals surface area (Å²) < 4.78 is 0. The minimum absolute atomic E-state index is 0. The maximum absolute atomic E-state index is 4.50. The van der Waals surface area contributed by atoms with Crippen LogP contribution in [0.15, 0.2) is 468 Å². The summed E-state index contributed by atoms with van der Waals surface area (Å²) in [6.45, 7) is 1.99. The van der Waals surface area contributed by atoms with Crippen LogP contribution < -0.4 is 0 Å². The fraction of sp³-hybridized carbons (Fsp3) is 0.00901. The molecule has 4 radical (unpaired) electrons. The van der Waals surface area contributed by atoms with E-state index in [-0.39, 0.29) is 80.4 Å². The predicted octanol–water partition coefficient (Wildman–Crippen LogP) is 26.1. The van der Waals surface area contributed by atoms with E-state index < -0.39 is 0 Å². The van der Waals surface area contributed by atoms with Gasteiger partial charge in [0.25, 0.3) is 0 Å². The average molecular weight is 2320 g/mol. The largest absolute Gasteiger partial charge is 0.305 e. The number of benzene rings is 10. The first-order chi connectivity index (χ1) is 60.0. The van der Waals surface area contributed by atoms with Crippen LogP contribution in [0.4, 0.5) is 0 Å². The monoisotopic (exact) mass is 2320 g/mol. The molecule has 0 fully saturated rings. The van der Waals surface area contributed by atoms with Gasteiger partial charge in [0, 0.05) is 154 Å². The van der Waals surface area contributed by atoms with Gasteiger partial charge in [-0.1, -0.05) is 164 Å². The van der Waals surface area contributed by atoms with Gasteiger partial charge in [0.2, 0.25) is 0 Å². The molecule has 20 rings (SSSR count). The van der Waals surface area contributed by atoms with Crippen molar-refractivity contribution in [2.24, 2.45) is 0 Å². The van der Waals surface area contributed by atoms with Crippen LogP contribution in [0.25, 0.3) is 135 Å². The van der Waals surface area contributed by atoms with E-state index in [2.05, 4.69) is 141 Å². The molecule has 0 aliphatic carbocycles. The van der Waals surface area contributed by atoms with Crippen molar-refractivity contribution >= 4 is 0 Å². The molecular formula is C111H80Ir4N10-8. The van der Waals surface area contributed by atoms with E-state index in [1.807, 2.05) is 396 Å². The van der Waals surface area contributed by atoms with Gasteiger partial charge < -0.3 is 39.9 Å². The Morgan fingerprint density at radius 3 is 0.600 bits per heavy atom. The van der Waals surface area contributed by atoms with E-state index in [9.17, 15) is 0 Å². The molecule has 10 aromatic heterocycles. The second kappa shape index (κ2) is 53.9. The van der Waals surface area contributed by atoms with E-state index >= 15 is 0 Å². The van der Waals surface area contributed by atoms with Crippen LogP contribution in [-0.4, -0.2) is 49.8 Å². The molecule has 0 N–H and O–H groups in total. The number of hydrogen-bond acceptors (Lipinski definition) is 10. The van der Waals surface area contributed by atoms with Crippen molar-refractivity contribution in [3.8, 4) is 135 Å². The van der Waals surface area contributed by atoms with E-state index in [1.165, 1.54) is 11.1 Å². The standard InChI is InChI=1S/C17H13N2.2C17H12N.C16H11N2.4C11H8N.4Ir/c1-13-6-5-9-17(19-13)15-10-11-16(18-12-15)14-7-3-2-4-8-14;2*1-3-7-14(8-4-1)16-11-12-17(18-13-16)15-9-5-2-6-10-15;1-2-4-14(5-3-1)16-7-6-15(12-18-16)13-8-10-17-11-9-13;4*1-2-6-10(7-3-1)11-8-4-5-9-12-11;;;;/h2-7,9-12H,1H3;2*1-9,11-13H;1-4,6-12H;4*1-6,8-9H;;;;/q8*-1;;;;. The summed E-state index contributed by atoms with van der Waals surface area (Å²) in [5.74, 6) is 0. The fourth-order valence-electron chi connectivity index (χ4n) is 11.9. The maximum Gasteiger partial charge on any atom is 0.0719 e. The smallest absolute Gasteiger partial charge is 0.0719 e. The van der Waals surface area contributed by atoms with Gasteiger partial charge in [-0.05, 0) is 134 Å². The first-order valence-corrected chi connectivity index (χ1v) is 39.2. The summed E-state index contributed by atoms with van der Waals surface area (Å²) in [6, 6.07) is 158. The molecule has 0 atom stereocenters. The number of hydrogen-bond donors (Lipinski definition) is 0. The minimum atomic E-state index is 0. The topological polar surface area (TPSA) is 129 Å². The molecule has 14 heteroatoms. The van der Waals surface area contributed by atoms with E-state index in [1.54, 1.807) is 37.2 Å². The zero-order valence-electron chi connectivity index (χ0n) is 67.8. The Balaban J connectivity index is 0.000000162. The molecule has 10 heterocycles. The summed E-state index contributed by atoms with van der Waals surface area (Å²) in [6.07, 6.45) is 18.3. The van der Waals surface area contributed by atoms with Crippen LogP contribution in [0, 0.1) is 55.5 Å². The molecule has 618 valence electrons. The first-order valence-electron chi connectivity index (χ1n) is 39.2.